The molecular formula is C24H24N4S. The summed E-state index contributed by atoms with van der Waals surface area (Å²) >= 11 is 1.60. The summed E-state index contributed by atoms with van der Waals surface area (Å²) < 4.78 is 1.92. The van der Waals surface area contributed by atoms with Gasteiger partial charge in [-0.3, -0.25) is 0 Å². The molecule has 5 heteroatoms. The van der Waals surface area contributed by atoms with Crippen molar-refractivity contribution in [3.63, 3.8) is 0 Å². The molecule has 4 aromatic rings. The Morgan fingerprint density at radius 2 is 1.66 bits per heavy atom. The number of thiazole rings is 1. The van der Waals surface area contributed by atoms with Crippen LogP contribution in [0.25, 0.3) is 11.3 Å². The molecule has 0 spiro atoms. The number of H-pyrrole nitrogens is 1. The molecule has 2 heterocycles. The van der Waals surface area contributed by atoms with E-state index in [0.29, 0.717) is 0 Å². The molecule has 2 aromatic carbocycles. The van der Waals surface area contributed by atoms with Gasteiger partial charge in [0.15, 0.2) is 0 Å². The van der Waals surface area contributed by atoms with E-state index in [1.54, 1.807) is 11.3 Å². The number of rotatable bonds is 4. The Bertz CT molecular complexity index is 1240. The minimum Gasteiger partial charge on any atom is -0.360 e. The highest BCUT2D eigenvalue weighted by atomic mass is 32.1. The highest BCUT2D eigenvalue weighted by molar-refractivity contribution is 7.07. The maximum absolute atomic E-state index is 4.89. The summed E-state index contributed by atoms with van der Waals surface area (Å²) in [6, 6.07) is 16.7. The summed E-state index contributed by atoms with van der Waals surface area (Å²) in [6.45, 7) is 8.49. The molecule has 0 fully saturated rings. The first kappa shape index (κ1) is 19.2. The molecule has 0 atom stereocenters. The van der Waals surface area contributed by atoms with Gasteiger partial charge in [-0.2, -0.15) is 5.10 Å². The van der Waals surface area contributed by atoms with Gasteiger partial charge in [-0.05, 0) is 80.3 Å². The van der Waals surface area contributed by atoms with Crippen LogP contribution in [0.3, 0.4) is 0 Å². The summed E-state index contributed by atoms with van der Waals surface area (Å²) in [7, 11) is 0. The lowest BCUT2D eigenvalue weighted by molar-refractivity contribution is 0.853. The van der Waals surface area contributed by atoms with Gasteiger partial charge in [0.2, 0.25) is 4.80 Å². The summed E-state index contributed by atoms with van der Waals surface area (Å²) in [5.41, 5.74) is 9.10. The average molecular weight is 401 g/mol. The zero-order chi connectivity index (χ0) is 20.4. The fourth-order valence-electron chi connectivity index (χ4n) is 3.04. The molecule has 0 saturated carbocycles. The molecule has 146 valence electrons. The van der Waals surface area contributed by atoms with Crippen molar-refractivity contribution >= 4 is 23.2 Å². The second kappa shape index (κ2) is 8.05. The largest absolute Gasteiger partial charge is 0.360 e. The normalized spacial score (nSPS) is 12.2. The molecule has 0 unspecified atom stereocenters. The second-order valence-corrected chi connectivity index (χ2v) is 8.10. The van der Waals surface area contributed by atoms with E-state index in [0.717, 1.165) is 27.4 Å². The van der Waals surface area contributed by atoms with Crippen LogP contribution in [0.15, 0.2) is 70.2 Å². The van der Waals surface area contributed by atoms with Gasteiger partial charge in [-0.1, -0.05) is 18.2 Å². The lowest BCUT2D eigenvalue weighted by atomic mass is 10.1. The van der Waals surface area contributed by atoms with E-state index in [2.05, 4.69) is 74.5 Å². The third-order valence-corrected chi connectivity index (χ3v) is 5.95. The number of aryl methyl sites for hydroxylation is 4. The summed E-state index contributed by atoms with van der Waals surface area (Å²) in [4.78, 5) is 8.89. The first-order valence-electron chi connectivity index (χ1n) is 9.59. The van der Waals surface area contributed by atoms with Gasteiger partial charge in [0.25, 0.3) is 0 Å². The molecule has 0 saturated heterocycles. The number of hydrogen-bond acceptors (Lipinski definition) is 3. The van der Waals surface area contributed by atoms with Gasteiger partial charge in [0.05, 0.1) is 23.3 Å². The lowest BCUT2D eigenvalue weighted by Crippen LogP contribution is -2.11. The minimum atomic E-state index is 0.837. The van der Waals surface area contributed by atoms with Crippen LogP contribution in [-0.2, 0) is 0 Å². The standard InChI is InChI=1S/C24H24N4S/c1-16-7-9-20(12-18(16)3)23-15-29-24(27-21-10-8-17(2)19(4)13-21)28(23)26-14-22-6-5-11-25-22/h5-15,25H,1-4H3. The van der Waals surface area contributed by atoms with Crippen LogP contribution < -0.4 is 4.80 Å². The van der Waals surface area contributed by atoms with Gasteiger partial charge < -0.3 is 4.98 Å². The van der Waals surface area contributed by atoms with Crippen LogP contribution >= 0.6 is 11.3 Å². The number of nitrogens with one attached hydrogen (secondary N) is 1. The zero-order valence-corrected chi connectivity index (χ0v) is 17.9. The topological polar surface area (TPSA) is 45.4 Å². The highest BCUT2D eigenvalue weighted by Gasteiger charge is 2.09. The molecular weight excluding hydrogens is 376 g/mol. The maximum Gasteiger partial charge on any atom is 0.211 e. The van der Waals surface area contributed by atoms with Gasteiger partial charge in [-0.25, -0.2) is 9.67 Å². The van der Waals surface area contributed by atoms with Crippen molar-refractivity contribution in [3.05, 3.63) is 92.9 Å². The van der Waals surface area contributed by atoms with Crippen molar-refractivity contribution in [1.82, 2.24) is 9.66 Å². The van der Waals surface area contributed by atoms with Crippen molar-refractivity contribution in [2.45, 2.75) is 27.7 Å². The van der Waals surface area contributed by atoms with E-state index < -0.39 is 0 Å². The number of hydrogen-bond donors (Lipinski definition) is 1. The third-order valence-electron chi connectivity index (χ3n) is 5.14. The van der Waals surface area contributed by atoms with Crippen LogP contribution in [0, 0.1) is 27.7 Å². The van der Waals surface area contributed by atoms with Crippen molar-refractivity contribution in [3.8, 4) is 11.3 Å². The average Bonchev–Trinajstić information content (AvgIpc) is 3.35. The van der Waals surface area contributed by atoms with Crippen LogP contribution in [0.4, 0.5) is 5.69 Å². The smallest absolute Gasteiger partial charge is 0.211 e. The number of aromatic nitrogens is 2. The lowest BCUT2D eigenvalue weighted by Gasteiger charge is -2.06. The molecule has 0 aliphatic heterocycles. The molecule has 0 radical (unpaired) electrons. The van der Waals surface area contributed by atoms with E-state index in [4.69, 9.17) is 10.1 Å². The van der Waals surface area contributed by atoms with Crippen LogP contribution in [0.1, 0.15) is 27.9 Å². The molecule has 0 amide bonds. The van der Waals surface area contributed by atoms with Crippen molar-refractivity contribution in [2.75, 3.05) is 0 Å². The van der Waals surface area contributed by atoms with E-state index in [1.807, 2.05) is 29.2 Å². The SMILES string of the molecule is Cc1ccc(N=c2scc(-c3ccc(C)c(C)c3)n2N=Cc2ccc[nH]2)cc1C. The Labute approximate surface area is 174 Å². The van der Waals surface area contributed by atoms with Gasteiger partial charge in [0, 0.05) is 17.1 Å². The monoisotopic (exact) mass is 400 g/mol. The number of benzene rings is 2. The molecule has 29 heavy (non-hydrogen) atoms. The first-order valence-corrected chi connectivity index (χ1v) is 10.5. The van der Waals surface area contributed by atoms with Crippen molar-refractivity contribution in [2.24, 2.45) is 10.1 Å². The van der Waals surface area contributed by atoms with Crippen LogP contribution in [0.5, 0.6) is 0 Å². The molecule has 4 nitrogen and oxygen atoms in total. The van der Waals surface area contributed by atoms with E-state index in [1.165, 1.54) is 22.3 Å². The summed E-state index contributed by atoms with van der Waals surface area (Å²) in [5, 5.41) is 6.87. The fourth-order valence-corrected chi connectivity index (χ4v) is 3.89. The fraction of sp³-hybridized carbons (Fsp3) is 0.167. The molecule has 1 N–H and O–H groups in total. The Kier molecular flexibility index (Phi) is 5.32. The molecule has 0 aliphatic carbocycles. The Balaban J connectivity index is 1.86. The third kappa shape index (κ3) is 4.15. The summed E-state index contributed by atoms with van der Waals surface area (Å²) in [5.74, 6) is 0. The van der Waals surface area contributed by atoms with E-state index in [-0.39, 0.29) is 0 Å². The van der Waals surface area contributed by atoms with Gasteiger partial charge in [0.1, 0.15) is 0 Å². The van der Waals surface area contributed by atoms with E-state index >= 15 is 0 Å². The second-order valence-electron chi connectivity index (χ2n) is 7.26. The first-order chi connectivity index (χ1) is 14.0. The summed E-state index contributed by atoms with van der Waals surface area (Å²) in [6.07, 6.45) is 3.72. The van der Waals surface area contributed by atoms with Crippen molar-refractivity contribution < 1.29 is 0 Å². The Morgan fingerprint density at radius 1 is 0.897 bits per heavy atom. The zero-order valence-electron chi connectivity index (χ0n) is 17.1. The van der Waals surface area contributed by atoms with Gasteiger partial charge >= 0.3 is 0 Å². The predicted molar refractivity (Wildman–Crippen MR) is 122 cm³/mol. The molecule has 2 aromatic heterocycles. The number of aromatic amines is 1. The highest BCUT2D eigenvalue weighted by Crippen LogP contribution is 2.24. The maximum atomic E-state index is 4.89. The Morgan fingerprint density at radius 3 is 2.34 bits per heavy atom. The molecule has 0 aliphatic rings. The quantitative estimate of drug-likeness (QED) is 0.415. The Hall–Kier alpha value is -3.18. The van der Waals surface area contributed by atoms with Crippen LogP contribution in [0.2, 0.25) is 0 Å². The molecule has 0 bridgehead atoms. The minimum absolute atomic E-state index is 0.837. The molecule has 4 rings (SSSR count). The van der Waals surface area contributed by atoms with Crippen molar-refractivity contribution in [1.29, 1.82) is 0 Å². The van der Waals surface area contributed by atoms with Gasteiger partial charge in [-0.15, -0.1) is 11.3 Å². The van der Waals surface area contributed by atoms with E-state index in [9.17, 15) is 0 Å². The number of nitrogens with zero attached hydrogens (tertiary/aromatic N) is 3. The van der Waals surface area contributed by atoms with Crippen LogP contribution in [-0.4, -0.2) is 15.9 Å². The predicted octanol–water partition coefficient (Wildman–Crippen LogP) is 5.89.